The Morgan fingerprint density at radius 1 is 0.500 bits per heavy atom. The van der Waals surface area contributed by atoms with Crippen molar-refractivity contribution in [3.05, 3.63) is 0 Å². The van der Waals surface area contributed by atoms with Crippen LogP contribution < -0.4 is 20.2 Å². The number of hydrogen-bond acceptors (Lipinski definition) is 7. The Hall–Kier alpha value is -0.985. The molecular weight excluding hydrogens is 587 g/mol. The number of carboxylic acid groups (broad SMARTS) is 1. The van der Waals surface area contributed by atoms with E-state index < -0.39 is 25.3 Å². The van der Waals surface area contributed by atoms with Gasteiger partial charge in [-0.25, -0.2) is 4.79 Å². The summed E-state index contributed by atoms with van der Waals surface area (Å²) in [6, 6.07) is -0.465. The van der Waals surface area contributed by atoms with E-state index in [2.05, 4.69) is 116 Å². The van der Waals surface area contributed by atoms with E-state index in [1.54, 1.807) is 0 Å². The molecule has 0 aliphatic rings. The summed E-state index contributed by atoms with van der Waals surface area (Å²) >= 11 is 4.81. The van der Waals surface area contributed by atoms with Gasteiger partial charge < -0.3 is 47.6 Å². The summed E-state index contributed by atoms with van der Waals surface area (Å²) < 4.78 is 8.60. The summed E-state index contributed by atoms with van der Waals surface area (Å²) in [7, 11) is 6.25. The fourth-order valence-electron chi connectivity index (χ4n) is 2.79. The van der Waals surface area contributed by atoms with Crippen molar-refractivity contribution < 1.29 is 52.4 Å². The third-order valence-corrected chi connectivity index (χ3v) is 9.62. The number of carboxylic acids is 1. The summed E-state index contributed by atoms with van der Waals surface area (Å²) in [5.41, 5.74) is 0. The number of carbonyl (C=O) groups excluding carboxylic acids is 2. The highest BCUT2D eigenvalue weighted by Gasteiger charge is 2.13. The Morgan fingerprint density at radius 2 is 0.636 bits per heavy atom. The quantitative estimate of drug-likeness (QED) is 0.0923. The van der Waals surface area contributed by atoms with Crippen molar-refractivity contribution in [2.45, 2.75) is 83.1 Å². The third-order valence-electron chi connectivity index (χ3n) is 9.51. The van der Waals surface area contributed by atoms with Crippen LogP contribution in [0, 0.1) is 0 Å². The monoisotopic (exact) mass is 661 g/mol. The molecule has 0 amide bonds. The molecule has 44 heavy (non-hydrogen) atoms. The second-order valence-electron chi connectivity index (χ2n) is 11.4. The Kier molecular flexibility index (Phi) is 42.0. The smallest absolute Gasteiger partial charge is 0.355 e. The second-order valence-corrected chi connectivity index (χ2v) is 11.6. The average Bonchev–Trinajstić information content (AvgIpc) is 3.04. The second kappa shape index (κ2) is 33.4. The molecule has 13 heteroatoms. The van der Waals surface area contributed by atoms with E-state index in [0.717, 1.165) is 0 Å². The molecule has 0 bridgehead atoms. The van der Waals surface area contributed by atoms with Crippen LogP contribution in [-0.2, 0) is 14.3 Å². The lowest BCUT2D eigenvalue weighted by atomic mass is 10.3. The normalized spacial score (nSPS) is 10.8. The highest BCUT2D eigenvalue weighted by atomic mass is 35.5. The molecule has 0 aliphatic carbocycles. The molecule has 0 aromatic carbocycles. The van der Waals surface area contributed by atoms with Crippen molar-refractivity contribution in [1.29, 1.82) is 0 Å². The number of aliphatic carboxylic acids is 1. The topological polar surface area (TPSA) is 136 Å². The molecule has 11 nitrogen and oxygen atoms in total. The molecule has 0 rings (SSSR count). The molecule has 0 aliphatic heterocycles. The van der Waals surface area contributed by atoms with Gasteiger partial charge in [0.05, 0.1) is 107 Å². The van der Waals surface area contributed by atoms with Gasteiger partial charge in [0.15, 0.2) is 12.0 Å². The molecule has 0 atom stereocenters. The number of esters is 1. The first-order valence-electron chi connectivity index (χ1n) is 16.4. The lowest BCUT2D eigenvalue weighted by molar-refractivity contribution is -0.904. The van der Waals surface area contributed by atoms with Crippen LogP contribution in [0.1, 0.15) is 83.1 Å². The molecule has 0 spiro atoms. The predicted octanol–water partition coefficient (Wildman–Crippen LogP) is 0.499. The van der Waals surface area contributed by atoms with Gasteiger partial charge in [0.1, 0.15) is 0 Å². The van der Waals surface area contributed by atoms with Crippen LogP contribution >= 0.6 is 11.6 Å². The highest BCUT2D eigenvalue weighted by molar-refractivity contribution is 6.28. The van der Waals surface area contributed by atoms with Crippen molar-refractivity contribution in [1.82, 2.24) is 0 Å². The van der Waals surface area contributed by atoms with Crippen LogP contribution in [0.4, 0.5) is 0 Å². The summed E-state index contributed by atoms with van der Waals surface area (Å²) in [6.45, 7) is 42.0. The van der Waals surface area contributed by atoms with Gasteiger partial charge in [-0.3, -0.25) is 7.32 Å². The average molecular weight is 661 g/mol. The number of halogens is 1. The number of quaternary nitrogens is 4. The fraction of sp³-hybridized carbons (Fsp3) is 0.935. The zero-order valence-electron chi connectivity index (χ0n) is 31.8. The van der Waals surface area contributed by atoms with Crippen LogP contribution in [0.2, 0.25) is 0 Å². The van der Waals surface area contributed by atoms with Crippen molar-refractivity contribution in [2.24, 2.45) is 0 Å². The number of hydrogen-bond donors (Lipinski definition) is 0. The van der Waals surface area contributed by atoms with Gasteiger partial charge in [0, 0.05) is 0 Å². The van der Waals surface area contributed by atoms with E-state index in [9.17, 15) is 14.7 Å². The number of carbonyl (C=O) groups is 2. The van der Waals surface area contributed by atoms with Crippen LogP contribution in [0.25, 0.3) is 0 Å². The molecular formula is C31H74BClN4O7. The van der Waals surface area contributed by atoms with E-state index in [4.69, 9.17) is 26.7 Å². The van der Waals surface area contributed by atoms with Gasteiger partial charge >= 0.3 is 5.97 Å². The predicted molar refractivity (Wildman–Crippen MR) is 179 cm³/mol. The molecule has 0 heterocycles. The molecule has 0 saturated heterocycles. The minimum atomic E-state index is -2.92. The van der Waals surface area contributed by atoms with Gasteiger partial charge in [-0.15, -0.1) is 0 Å². The third kappa shape index (κ3) is 37.2. The summed E-state index contributed by atoms with van der Waals surface area (Å²) in [5, 5.41) is 34.7. The van der Waals surface area contributed by atoms with Crippen molar-refractivity contribution in [3.8, 4) is 0 Å². The maximum Gasteiger partial charge on any atom is 0.355 e. The van der Waals surface area contributed by atoms with Crippen LogP contribution in [-0.4, -0.2) is 150 Å². The highest BCUT2D eigenvalue weighted by Crippen LogP contribution is 1.99. The summed E-state index contributed by atoms with van der Waals surface area (Å²) in [6.07, 6.45) is 0. The van der Waals surface area contributed by atoms with Crippen LogP contribution in [0.3, 0.4) is 0 Å². The molecule has 270 valence electrons. The molecule has 0 unspecified atom stereocenters. The maximum atomic E-state index is 9.77. The largest absolute Gasteiger partial charge is 0.907 e. The lowest BCUT2D eigenvalue weighted by Gasteiger charge is -2.35. The minimum Gasteiger partial charge on any atom is -0.907 e. The molecule has 0 aromatic rings. The van der Waals surface area contributed by atoms with E-state index in [0.29, 0.717) is 0 Å². The van der Waals surface area contributed by atoms with Crippen LogP contribution in [0.5, 0.6) is 0 Å². The standard InChI is InChI=1S/4C7H18N.C3H3ClO4.BO3/c4*1-5-8(4,6-2)7-3;4-1-8-3(7)2(5)6;2-1(3)4/h4*5-7H2,1-4H3;1H2,(H,5,6);/q4*+1;;-3/p-1. The molecule has 0 N–H and O–H groups in total. The van der Waals surface area contributed by atoms with Gasteiger partial charge in [0.2, 0.25) is 0 Å². The Bertz CT molecular complexity index is 524. The van der Waals surface area contributed by atoms with Crippen molar-refractivity contribution >= 4 is 30.9 Å². The number of alkyl halides is 1. The first-order chi connectivity index (χ1) is 20.1. The van der Waals surface area contributed by atoms with E-state index in [-0.39, 0.29) is 0 Å². The maximum absolute atomic E-state index is 9.77. The summed E-state index contributed by atoms with van der Waals surface area (Å²) in [5.74, 6) is -3.33. The SMILES string of the molecule is CC[N+](C)(CC)CC.CC[N+](C)(CC)CC.CC[N+](C)(CC)CC.CC[N+](C)(CC)CC.O=C([O-])C(=O)OCCl.[O-]B([O-])[O-]. The lowest BCUT2D eigenvalue weighted by Crippen LogP contribution is -2.56. The molecule has 0 aromatic heterocycles. The Morgan fingerprint density at radius 3 is 0.659 bits per heavy atom. The molecule has 0 fully saturated rings. The van der Waals surface area contributed by atoms with Crippen LogP contribution in [0.15, 0.2) is 0 Å². The van der Waals surface area contributed by atoms with E-state index >= 15 is 0 Å². The molecule has 0 saturated carbocycles. The van der Waals surface area contributed by atoms with E-state index in [1.165, 1.54) is 96.5 Å². The first kappa shape index (κ1) is 55.4. The number of nitrogens with zero attached hydrogens (tertiary/aromatic N) is 4. The van der Waals surface area contributed by atoms with Crippen molar-refractivity contribution in [3.63, 3.8) is 0 Å². The summed E-state index contributed by atoms with van der Waals surface area (Å²) in [4.78, 5) is 19.2. The zero-order chi connectivity index (χ0) is 36.6. The first-order valence-corrected chi connectivity index (χ1v) is 16.9. The molecule has 0 radical (unpaired) electrons. The van der Waals surface area contributed by atoms with Crippen molar-refractivity contribution in [2.75, 3.05) is 113 Å². The van der Waals surface area contributed by atoms with Gasteiger partial charge in [-0.2, -0.15) is 0 Å². The fourth-order valence-corrected chi connectivity index (χ4v) is 2.89. The van der Waals surface area contributed by atoms with E-state index in [1.807, 2.05) is 0 Å². The Labute approximate surface area is 278 Å². The Balaban J connectivity index is -0.0000000995. The van der Waals surface area contributed by atoms with Gasteiger partial charge in [-0.1, -0.05) is 11.6 Å². The number of rotatable bonds is 13. The number of ether oxygens (including phenoxy) is 1. The van der Waals surface area contributed by atoms with Gasteiger partial charge in [-0.05, 0) is 83.1 Å². The minimum absolute atomic E-state index is 0.465. The zero-order valence-corrected chi connectivity index (χ0v) is 32.6. The van der Waals surface area contributed by atoms with Gasteiger partial charge in [0.25, 0.3) is 0 Å².